The zero-order valence-corrected chi connectivity index (χ0v) is 22.9. The first-order chi connectivity index (χ1) is 18.6. The first-order valence-corrected chi connectivity index (χ1v) is 14.0. The van der Waals surface area contributed by atoms with Crippen molar-refractivity contribution in [1.82, 2.24) is 9.55 Å². The summed E-state index contributed by atoms with van der Waals surface area (Å²) >= 11 is 0. The van der Waals surface area contributed by atoms with Gasteiger partial charge in [-0.15, -0.1) is 0 Å². The van der Waals surface area contributed by atoms with Crippen LogP contribution < -0.4 is 11.4 Å². The molecule has 1 saturated heterocycles. The van der Waals surface area contributed by atoms with Crippen molar-refractivity contribution in [2.45, 2.75) is 96.3 Å². The topological polar surface area (TPSA) is 96.4 Å². The van der Waals surface area contributed by atoms with Gasteiger partial charge in [0.1, 0.15) is 18.7 Å². The third-order valence-electron chi connectivity index (χ3n) is 6.09. The number of anilines is 1. The van der Waals surface area contributed by atoms with Crippen molar-refractivity contribution in [3.8, 4) is 0 Å². The first-order valence-electron chi connectivity index (χ1n) is 14.0. The highest BCUT2D eigenvalue weighted by Gasteiger charge is 2.28. The van der Waals surface area contributed by atoms with Crippen LogP contribution in [0.25, 0.3) is 0 Å². The number of hydrogen-bond donors (Lipinski definition) is 1. The fraction of sp³-hybridized carbons (Fsp3) is 0.516. The standard InChI is InChI=1S/C31H45N3O4/c1-2-3-4-5-6-7-8-9-10-11-12-13-14-15-16-17-18-19-20-21-30(35)37-26-27-22-23-29(38-27)34-25-24-28(32)33-31(34)36/h3-4,6-7,9-10,12-13,15-16,24-25,27,29H,2,5,8,11,14,17-23,26H2,1H3,(H2,32,33,36)/b4-3-,7-6-,10-9-,13-12-,16-15-/t27-,29?/m0/s1. The van der Waals surface area contributed by atoms with Crippen molar-refractivity contribution < 1.29 is 14.3 Å². The molecule has 2 rings (SSSR count). The Kier molecular flexibility index (Phi) is 16.2. The molecule has 208 valence electrons. The van der Waals surface area contributed by atoms with E-state index in [1.807, 2.05) is 0 Å². The summed E-state index contributed by atoms with van der Waals surface area (Å²) < 4.78 is 12.7. The third-order valence-corrected chi connectivity index (χ3v) is 6.09. The van der Waals surface area contributed by atoms with E-state index in [9.17, 15) is 9.59 Å². The molecule has 38 heavy (non-hydrogen) atoms. The van der Waals surface area contributed by atoms with E-state index in [0.717, 1.165) is 64.2 Å². The number of carbonyl (C=O) groups is 1. The molecular formula is C31H45N3O4. The number of ether oxygens (including phenoxy) is 2. The number of hydrogen-bond acceptors (Lipinski definition) is 6. The van der Waals surface area contributed by atoms with Gasteiger partial charge in [-0.25, -0.2) is 4.79 Å². The van der Waals surface area contributed by atoms with E-state index >= 15 is 0 Å². The van der Waals surface area contributed by atoms with Gasteiger partial charge in [-0.05, 0) is 70.3 Å². The van der Waals surface area contributed by atoms with Gasteiger partial charge in [-0.2, -0.15) is 4.98 Å². The lowest BCUT2D eigenvalue weighted by Gasteiger charge is -2.15. The normalized spacial score (nSPS) is 18.2. The van der Waals surface area contributed by atoms with E-state index in [0.29, 0.717) is 12.8 Å². The number of nitrogen functional groups attached to an aromatic ring is 1. The number of esters is 1. The van der Waals surface area contributed by atoms with E-state index < -0.39 is 11.9 Å². The fourth-order valence-corrected chi connectivity index (χ4v) is 3.99. The second kappa shape index (κ2) is 19.9. The molecule has 1 aromatic rings. The second-order valence-electron chi connectivity index (χ2n) is 9.32. The summed E-state index contributed by atoms with van der Waals surface area (Å²) in [6.45, 7) is 2.36. The van der Waals surface area contributed by atoms with Gasteiger partial charge in [0.25, 0.3) is 0 Å². The minimum absolute atomic E-state index is 0.188. The van der Waals surface area contributed by atoms with Crippen molar-refractivity contribution in [3.05, 3.63) is 83.5 Å². The van der Waals surface area contributed by atoms with Gasteiger partial charge in [0, 0.05) is 12.6 Å². The Morgan fingerprint density at radius 1 is 0.974 bits per heavy atom. The largest absolute Gasteiger partial charge is 0.463 e. The maximum atomic E-state index is 12.0. The summed E-state index contributed by atoms with van der Waals surface area (Å²) in [5.41, 5.74) is 5.09. The second-order valence-corrected chi connectivity index (χ2v) is 9.32. The number of nitrogens with zero attached hydrogens (tertiary/aromatic N) is 2. The van der Waals surface area contributed by atoms with E-state index in [-0.39, 0.29) is 24.5 Å². The molecule has 2 N–H and O–H groups in total. The maximum absolute atomic E-state index is 12.0. The van der Waals surface area contributed by atoms with Crippen LogP contribution in [-0.4, -0.2) is 28.2 Å². The highest BCUT2D eigenvalue weighted by molar-refractivity contribution is 5.69. The van der Waals surface area contributed by atoms with Crippen molar-refractivity contribution in [2.24, 2.45) is 0 Å². The number of rotatable bonds is 18. The highest BCUT2D eigenvalue weighted by atomic mass is 16.6. The van der Waals surface area contributed by atoms with Crippen molar-refractivity contribution in [1.29, 1.82) is 0 Å². The molecule has 1 unspecified atom stereocenters. The predicted molar refractivity (Wildman–Crippen MR) is 155 cm³/mol. The molecule has 7 heteroatoms. The predicted octanol–water partition coefficient (Wildman–Crippen LogP) is 6.75. The van der Waals surface area contributed by atoms with Crippen LogP contribution in [0.5, 0.6) is 0 Å². The molecule has 1 aliphatic heterocycles. The molecule has 2 heterocycles. The van der Waals surface area contributed by atoms with E-state index in [2.05, 4.69) is 72.7 Å². The van der Waals surface area contributed by atoms with Crippen molar-refractivity contribution in [3.63, 3.8) is 0 Å². The summed E-state index contributed by atoms with van der Waals surface area (Å²) in [6, 6.07) is 1.57. The third kappa shape index (κ3) is 13.9. The quantitative estimate of drug-likeness (QED) is 0.130. The van der Waals surface area contributed by atoms with Gasteiger partial charge in [0.05, 0.1) is 6.10 Å². The number of allylic oxidation sites excluding steroid dienone is 10. The highest BCUT2D eigenvalue weighted by Crippen LogP contribution is 2.27. The van der Waals surface area contributed by atoms with Gasteiger partial charge in [-0.1, -0.05) is 74.1 Å². The smallest absolute Gasteiger partial charge is 0.351 e. The van der Waals surface area contributed by atoms with Crippen LogP contribution in [0.1, 0.15) is 90.2 Å². The maximum Gasteiger partial charge on any atom is 0.351 e. The van der Waals surface area contributed by atoms with Crippen LogP contribution in [0, 0.1) is 0 Å². The van der Waals surface area contributed by atoms with Gasteiger partial charge < -0.3 is 15.2 Å². The molecule has 0 saturated carbocycles. The fourth-order valence-electron chi connectivity index (χ4n) is 3.99. The van der Waals surface area contributed by atoms with Crippen molar-refractivity contribution >= 4 is 11.8 Å². The molecule has 2 atom stereocenters. The molecule has 0 aromatic carbocycles. The molecule has 0 bridgehead atoms. The Balaban J connectivity index is 1.42. The zero-order valence-electron chi connectivity index (χ0n) is 22.9. The number of unbranched alkanes of at least 4 members (excludes halogenated alkanes) is 3. The molecule has 7 nitrogen and oxygen atoms in total. The molecule has 1 aromatic heterocycles. The molecule has 1 fully saturated rings. The average molecular weight is 524 g/mol. The lowest BCUT2D eigenvalue weighted by Crippen LogP contribution is -2.28. The summed E-state index contributed by atoms with van der Waals surface area (Å²) in [6.07, 6.45) is 33.8. The number of aromatic nitrogens is 2. The van der Waals surface area contributed by atoms with E-state index in [1.54, 1.807) is 12.3 Å². The Bertz CT molecular complexity index is 1010. The molecule has 0 aliphatic carbocycles. The zero-order chi connectivity index (χ0) is 27.3. The Hall–Kier alpha value is -3.19. The summed E-state index contributed by atoms with van der Waals surface area (Å²) in [5, 5.41) is 0. The molecule has 1 aliphatic rings. The van der Waals surface area contributed by atoms with Crippen LogP contribution in [0.2, 0.25) is 0 Å². The van der Waals surface area contributed by atoms with Gasteiger partial charge in [0.15, 0.2) is 0 Å². The summed E-state index contributed by atoms with van der Waals surface area (Å²) in [4.78, 5) is 27.7. The van der Waals surface area contributed by atoms with Crippen LogP contribution in [0.15, 0.2) is 77.8 Å². The van der Waals surface area contributed by atoms with Gasteiger partial charge in [-0.3, -0.25) is 9.36 Å². The first kappa shape index (κ1) is 31.0. The van der Waals surface area contributed by atoms with Gasteiger partial charge >= 0.3 is 11.7 Å². The minimum atomic E-state index is -0.433. The van der Waals surface area contributed by atoms with Gasteiger partial charge in [0.2, 0.25) is 0 Å². The number of carbonyl (C=O) groups excluding carboxylic acids is 1. The lowest BCUT2D eigenvalue weighted by atomic mass is 10.1. The molecular weight excluding hydrogens is 478 g/mol. The molecule has 0 amide bonds. The van der Waals surface area contributed by atoms with Crippen molar-refractivity contribution in [2.75, 3.05) is 12.3 Å². The lowest BCUT2D eigenvalue weighted by molar-refractivity contribution is -0.148. The van der Waals surface area contributed by atoms with E-state index in [1.165, 1.54) is 4.57 Å². The van der Waals surface area contributed by atoms with Crippen LogP contribution >= 0.6 is 0 Å². The average Bonchev–Trinajstić information content (AvgIpc) is 3.37. The Morgan fingerprint density at radius 2 is 1.61 bits per heavy atom. The number of nitrogens with two attached hydrogens (primary N) is 1. The van der Waals surface area contributed by atoms with Crippen LogP contribution in [0.4, 0.5) is 5.82 Å². The SMILES string of the molecule is CC/C=C\C/C=C\C/C=C\C/C=C\C/C=C\CCCCCC(=O)OC[C@@H]1CCC(n2ccc(N)nc2=O)O1. The Morgan fingerprint density at radius 3 is 2.24 bits per heavy atom. The minimum Gasteiger partial charge on any atom is -0.463 e. The Labute approximate surface area is 227 Å². The van der Waals surface area contributed by atoms with Crippen LogP contribution in [0.3, 0.4) is 0 Å². The summed E-state index contributed by atoms with van der Waals surface area (Å²) in [7, 11) is 0. The molecule has 0 radical (unpaired) electrons. The van der Waals surface area contributed by atoms with E-state index in [4.69, 9.17) is 15.2 Å². The summed E-state index contributed by atoms with van der Waals surface area (Å²) in [5.74, 6) is -0.00849. The molecule has 0 spiro atoms. The van der Waals surface area contributed by atoms with Crippen LogP contribution in [-0.2, 0) is 14.3 Å². The monoisotopic (exact) mass is 523 g/mol.